The summed E-state index contributed by atoms with van der Waals surface area (Å²) in [5, 5.41) is 139. The number of fused-ring (bicyclic) bond motifs is 15. The standard InChI is InChI=1S/C66H75Cl2N9O25/c1-23(2)12-34(71-5)57(87)76-49-51(83)26-7-10-38(32(67)14-26)98-40-16-28-17-41(56(40)102-64-54(86)53(85)52(84)42(22-78)100-64)99-39-11-8-27(15-33(39)68)55(101-44-21-65(4,70)66(95,96)24(3)97-44)50-62(92)75-48(63(93)94)31-18-29(79)19-37(81)45(31)30-13-25(6-9-36(30)80)46(59(89)77-50)74-60(90)47(28)73-58(88)35(20-43(69)82)72-61(49)91/h6-11,13-19,23-24,34-35,42,44,46-55,64,71,78-81,83-86,95-96H,12,20-22,70H2,1-5H3,(H2,69,82)(H,72,91)(H,73,88)(H,74,90)(H,75,92)(H,76,87)(H,77,89)(H,93,94)/p+2/t24-,34+,35-,42+,44-,46+,47+,48-,49+,50-,51+,52+,53-,54+,55+,64-,65-/m0/s1. The lowest BCUT2D eigenvalue weighted by Crippen LogP contribution is -2.89. The Labute approximate surface area is 589 Å². The number of ether oxygens (including phenoxy) is 6. The number of phenols is 3. The number of nitrogens with one attached hydrogen (secondary N) is 6. The van der Waals surface area contributed by atoms with Gasteiger partial charge in [-0.3, -0.25) is 33.6 Å². The van der Waals surface area contributed by atoms with E-state index in [9.17, 15) is 75.3 Å². The molecule has 24 N–H and O–H groups in total. The van der Waals surface area contributed by atoms with Crippen molar-refractivity contribution in [2.24, 2.45) is 11.7 Å². The molecule has 34 nitrogen and oxygen atoms in total. The molecule has 0 unspecified atom stereocenters. The van der Waals surface area contributed by atoms with Crippen molar-refractivity contribution in [1.29, 1.82) is 0 Å². The first-order valence-electron chi connectivity index (χ1n) is 31.9. The molecule has 0 saturated carbocycles. The Hall–Kier alpha value is -9.24. The third-order valence-electron chi connectivity index (χ3n) is 18.2. The Morgan fingerprint density at radius 1 is 0.735 bits per heavy atom. The van der Waals surface area contributed by atoms with Crippen LogP contribution in [0.1, 0.15) is 105 Å². The molecular weight excluding hydrogens is 1390 g/mol. The smallest absolute Gasteiger partial charge is 0.330 e. The summed E-state index contributed by atoms with van der Waals surface area (Å²) in [7, 11) is 1.59. The summed E-state index contributed by atoms with van der Waals surface area (Å²) in [6.07, 6.45) is -18.5. The van der Waals surface area contributed by atoms with Crippen LogP contribution >= 0.6 is 23.2 Å². The van der Waals surface area contributed by atoms with E-state index in [1.807, 2.05) is 13.8 Å². The highest BCUT2D eigenvalue weighted by Crippen LogP contribution is 2.50. The first-order chi connectivity index (χ1) is 48.0. The van der Waals surface area contributed by atoms with E-state index in [4.69, 9.17) is 57.4 Å². The minimum Gasteiger partial charge on any atom is -0.508 e. The zero-order chi connectivity index (χ0) is 74.5. The average Bonchev–Trinajstić information content (AvgIpc) is 0.745. The Balaban J connectivity index is 1.26. The number of aliphatic hydroxyl groups is 7. The maximum atomic E-state index is 16.1. The molecule has 7 heterocycles. The van der Waals surface area contributed by atoms with E-state index in [-0.39, 0.29) is 39.8 Å². The van der Waals surface area contributed by atoms with Crippen molar-refractivity contribution in [1.82, 2.24) is 31.9 Å². The van der Waals surface area contributed by atoms with Crippen LogP contribution in [0, 0.1) is 5.92 Å². The number of aliphatic hydroxyl groups excluding tert-OH is 5. The summed E-state index contributed by atoms with van der Waals surface area (Å²) >= 11 is 14.2. The number of aliphatic carboxylic acids is 1. The zero-order valence-corrected chi connectivity index (χ0v) is 56.4. The van der Waals surface area contributed by atoms with Gasteiger partial charge in [-0.25, -0.2) is 4.79 Å². The third kappa shape index (κ3) is 15.4. The first-order valence-corrected chi connectivity index (χ1v) is 32.7. The molecule has 7 amide bonds. The van der Waals surface area contributed by atoms with Gasteiger partial charge in [0.25, 0.3) is 5.91 Å². The SMILES string of the molecule is C[NH2+][C@H](CC(C)C)C(=O)N[C@H]1C(=O)N[C@@H](CC(N)=O)C(=O)N[C@H]2C(=O)N[C@H]3C(=O)N[C@H](C(=O)N[C@H](C(=O)O)c4cc(O)cc(O)c4-c4cc3ccc4O)[C@H](O[C@H]3C[C@](C)([NH3+])C(O)(O)[C@H](C)O3)c3ccc(c(Cl)c3)Oc3cc2cc(c3O[C@@H]2O[C@H](CO)[C@@H](O)[C@H](O)[C@H]2O)Oc2ccc(cc2Cl)[C@H]1O. The minimum absolute atomic E-state index is 0.0697. The van der Waals surface area contributed by atoms with Crippen LogP contribution in [-0.2, 0) is 52.6 Å². The van der Waals surface area contributed by atoms with Gasteiger partial charge >= 0.3 is 5.97 Å². The number of aromatic hydroxyl groups is 3. The van der Waals surface area contributed by atoms with Crippen molar-refractivity contribution in [3.63, 3.8) is 0 Å². The second-order valence-corrected chi connectivity index (χ2v) is 26.9. The van der Waals surface area contributed by atoms with Crippen LogP contribution < -0.4 is 62.9 Å². The highest BCUT2D eigenvalue weighted by Gasteiger charge is 2.58. The van der Waals surface area contributed by atoms with E-state index in [0.717, 1.165) is 60.7 Å². The van der Waals surface area contributed by atoms with Crippen molar-refractivity contribution in [2.45, 2.75) is 156 Å². The third-order valence-corrected chi connectivity index (χ3v) is 18.8. The monoisotopic (exact) mass is 1470 g/mol. The molecule has 0 aromatic heterocycles. The van der Waals surface area contributed by atoms with Crippen LogP contribution in [0.2, 0.25) is 10.0 Å². The zero-order valence-electron chi connectivity index (χ0n) is 54.9. The van der Waals surface area contributed by atoms with Crippen LogP contribution in [0.4, 0.5) is 0 Å². The van der Waals surface area contributed by atoms with Crippen LogP contribution in [0.5, 0.6) is 46.0 Å². The second kappa shape index (κ2) is 30.0. The predicted molar refractivity (Wildman–Crippen MR) is 348 cm³/mol. The molecule has 11 bridgehead atoms. The Bertz CT molecular complexity index is 4130. The van der Waals surface area contributed by atoms with Crippen molar-refractivity contribution < 1.29 is 134 Å². The Morgan fingerprint density at radius 2 is 1.34 bits per heavy atom. The largest absolute Gasteiger partial charge is 0.508 e. The number of rotatable bonds is 13. The van der Waals surface area contributed by atoms with Crippen molar-refractivity contribution >= 4 is 70.5 Å². The summed E-state index contributed by atoms with van der Waals surface area (Å²) in [5.41, 5.74) is 5.14. The molecular formula is C66H77Cl2N9O25+2. The van der Waals surface area contributed by atoms with Crippen molar-refractivity contribution in [3.8, 4) is 57.1 Å². The maximum Gasteiger partial charge on any atom is 0.330 e. The fraction of sp³-hybridized carbons (Fsp3) is 0.424. The normalized spacial score (nSPS) is 29.1. The van der Waals surface area contributed by atoms with E-state index in [2.05, 4.69) is 37.6 Å². The van der Waals surface area contributed by atoms with Gasteiger partial charge in [-0.05, 0) is 96.6 Å². The van der Waals surface area contributed by atoms with Crippen molar-refractivity contribution in [3.05, 3.63) is 117 Å². The number of amides is 7. The van der Waals surface area contributed by atoms with E-state index < -0.39 is 243 Å². The van der Waals surface area contributed by atoms with Gasteiger partial charge in [0, 0.05) is 29.2 Å². The molecule has 0 aliphatic carbocycles. The van der Waals surface area contributed by atoms with E-state index in [1.54, 1.807) is 12.4 Å². The summed E-state index contributed by atoms with van der Waals surface area (Å²) < 4.78 is 37.8. The molecule has 548 valence electrons. The minimum atomic E-state index is -2.63. The summed E-state index contributed by atoms with van der Waals surface area (Å²) in [5.74, 6) is -18.7. The molecule has 0 spiro atoms. The fourth-order valence-electron chi connectivity index (χ4n) is 12.6. The molecule has 2 fully saturated rings. The molecule has 0 radical (unpaired) electrons. The average molecular weight is 1470 g/mol. The maximum absolute atomic E-state index is 16.1. The van der Waals surface area contributed by atoms with Gasteiger partial charge in [0.2, 0.25) is 53.3 Å². The van der Waals surface area contributed by atoms with Gasteiger partial charge < -0.3 is 133 Å². The number of carboxylic acids is 1. The van der Waals surface area contributed by atoms with Crippen LogP contribution in [0.25, 0.3) is 11.1 Å². The van der Waals surface area contributed by atoms with Gasteiger partial charge in [-0.15, -0.1) is 0 Å². The number of likely N-dealkylation sites (N-methyl/N-ethyl adjacent to an activating group) is 1. The fourth-order valence-corrected chi connectivity index (χ4v) is 13.0. The molecule has 5 aromatic carbocycles. The lowest BCUT2D eigenvalue weighted by atomic mass is 9.82. The molecule has 2 saturated heterocycles. The number of benzene rings is 5. The summed E-state index contributed by atoms with van der Waals surface area (Å²) in [6.45, 7) is 5.30. The van der Waals surface area contributed by atoms with Crippen molar-refractivity contribution in [2.75, 3.05) is 13.7 Å². The van der Waals surface area contributed by atoms with Crippen LogP contribution in [-0.4, -0.2) is 196 Å². The predicted octanol–water partition coefficient (Wildman–Crippen LogP) is -2.32. The number of carbonyl (C=O) groups is 8. The quantitative estimate of drug-likeness (QED) is 0.0550. The number of quaternary nitrogens is 2. The first kappa shape index (κ1) is 75.4. The molecule has 7 aliphatic rings. The molecule has 36 heteroatoms. The number of nitrogens with two attached hydrogens (primary N) is 2. The number of primary amides is 1. The lowest BCUT2D eigenvalue weighted by molar-refractivity contribution is -0.651. The summed E-state index contributed by atoms with van der Waals surface area (Å²) in [6, 6.07) is -0.549. The number of carbonyl (C=O) groups excluding carboxylic acids is 7. The number of hydrogen-bond donors (Lipinski definition) is 20. The molecule has 12 rings (SSSR count). The van der Waals surface area contributed by atoms with E-state index in [1.165, 1.54) is 32.0 Å². The van der Waals surface area contributed by atoms with Gasteiger partial charge in [0.05, 0.1) is 36.5 Å². The van der Waals surface area contributed by atoms with Crippen LogP contribution in [0.15, 0.2) is 78.9 Å². The summed E-state index contributed by atoms with van der Waals surface area (Å²) in [4.78, 5) is 119. The van der Waals surface area contributed by atoms with Gasteiger partial charge in [0.15, 0.2) is 35.4 Å². The van der Waals surface area contributed by atoms with E-state index in [0.29, 0.717) is 0 Å². The van der Waals surface area contributed by atoms with Gasteiger partial charge in [-0.2, -0.15) is 0 Å². The molecule has 7 aliphatic heterocycles. The molecule has 102 heavy (non-hydrogen) atoms. The Morgan fingerprint density at radius 3 is 1.94 bits per heavy atom. The van der Waals surface area contributed by atoms with E-state index >= 15 is 19.2 Å². The second-order valence-electron chi connectivity index (χ2n) is 26.1. The molecule has 5 aromatic rings. The highest BCUT2D eigenvalue weighted by atomic mass is 35.5. The van der Waals surface area contributed by atoms with Gasteiger partial charge in [-0.1, -0.05) is 55.2 Å². The number of halogens is 2. The highest BCUT2D eigenvalue weighted by molar-refractivity contribution is 6.32. The molecule has 17 atom stereocenters. The lowest BCUT2D eigenvalue weighted by Gasteiger charge is -2.46. The number of carboxylic acid groups (broad SMARTS) is 1. The number of phenolic OH excluding ortho intramolecular Hbond substituents is 3. The van der Waals surface area contributed by atoms with Gasteiger partial charge in [0.1, 0.15) is 102 Å². The van der Waals surface area contributed by atoms with Crippen LogP contribution in [0.3, 0.4) is 0 Å². The number of hydrogen-bond acceptors (Lipinski definition) is 24. The Kier molecular flexibility index (Phi) is 22.2. The topological polar surface area (TPSA) is 557 Å².